The summed E-state index contributed by atoms with van der Waals surface area (Å²) in [6.45, 7) is -0.177. The molecule has 0 radical (unpaired) electrons. The first kappa shape index (κ1) is 26.2. The first-order valence-electron chi connectivity index (χ1n) is 12.2. The normalized spacial score (nSPS) is 12.9. The second kappa shape index (κ2) is 11.2. The molecule has 0 aliphatic carbocycles. The number of fused-ring (bicyclic) bond motifs is 1. The molecule has 8 nitrogen and oxygen atoms in total. The number of halogens is 2. The maximum atomic E-state index is 14.2. The lowest BCUT2D eigenvalue weighted by molar-refractivity contribution is -0.118. The quantitative estimate of drug-likeness (QED) is 0.326. The molecule has 1 aliphatic heterocycles. The molecule has 0 bridgehead atoms. The van der Waals surface area contributed by atoms with E-state index in [1.807, 2.05) is 0 Å². The van der Waals surface area contributed by atoms with Crippen LogP contribution in [0.5, 0.6) is 0 Å². The van der Waals surface area contributed by atoms with Crippen LogP contribution in [0.2, 0.25) is 0 Å². The van der Waals surface area contributed by atoms with Crippen molar-refractivity contribution in [2.75, 3.05) is 23.3 Å². The lowest BCUT2D eigenvalue weighted by Gasteiger charge is -2.30. The Hall–Kier alpha value is -5.38. The van der Waals surface area contributed by atoms with Gasteiger partial charge in [-0.1, -0.05) is 36.4 Å². The number of carbonyl (C=O) groups is 3. The van der Waals surface area contributed by atoms with Gasteiger partial charge in [-0.3, -0.25) is 19.4 Å². The molecule has 40 heavy (non-hydrogen) atoms. The number of pyridine rings is 1. The third kappa shape index (κ3) is 5.70. The monoisotopic (exact) mass is 539 g/mol. The average Bonchev–Trinajstić information content (AvgIpc) is 2.93. The Kier molecular flexibility index (Phi) is 7.32. The Labute approximate surface area is 228 Å². The van der Waals surface area contributed by atoms with E-state index in [0.717, 1.165) is 6.07 Å². The summed E-state index contributed by atoms with van der Waals surface area (Å²) in [6, 6.07) is 20.2. The van der Waals surface area contributed by atoms with Crippen molar-refractivity contribution < 1.29 is 23.2 Å². The Morgan fingerprint density at radius 2 is 1.85 bits per heavy atom. The van der Waals surface area contributed by atoms with Gasteiger partial charge in [-0.25, -0.2) is 8.78 Å². The van der Waals surface area contributed by atoms with E-state index in [4.69, 9.17) is 5.73 Å². The molecule has 10 heteroatoms. The summed E-state index contributed by atoms with van der Waals surface area (Å²) in [5.74, 6) is -2.88. The van der Waals surface area contributed by atoms with E-state index in [0.29, 0.717) is 33.8 Å². The van der Waals surface area contributed by atoms with E-state index in [9.17, 15) is 23.2 Å². The summed E-state index contributed by atoms with van der Waals surface area (Å²) in [4.78, 5) is 43.5. The number of carbonyl (C=O) groups excluding carboxylic acids is 3. The fraction of sp³-hybridized carbons (Fsp3) is 0.0667. The maximum absolute atomic E-state index is 14.2. The van der Waals surface area contributed by atoms with Crippen LogP contribution in [0.3, 0.4) is 0 Å². The SMILES string of the molecule is NC(=O)c1cc(-c2cccnc2/C(=C/c2cccc(F)c2)NC(=O)CN2CC(=O)Nc3ccccc32)ccc1F. The zero-order chi connectivity index (χ0) is 28.2. The number of rotatable bonds is 7. The zero-order valence-electron chi connectivity index (χ0n) is 21.0. The Bertz CT molecular complexity index is 1670. The van der Waals surface area contributed by atoms with E-state index in [1.54, 1.807) is 53.4 Å². The maximum Gasteiger partial charge on any atom is 0.251 e. The van der Waals surface area contributed by atoms with E-state index in [-0.39, 0.29) is 30.3 Å². The van der Waals surface area contributed by atoms with Gasteiger partial charge < -0.3 is 21.3 Å². The molecule has 3 amide bonds. The van der Waals surface area contributed by atoms with Crippen LogP contribution in [0.1, 0.15) is 21.6 Å². The van der Waals surface area contributed by atoms with Crippen molar-refractivity contribution in [2.24, 2.45) is 5.73 Å². The fourth-order valence-corrected chi connectivity index (χ4v) is 4.47. The third-order valence-corrected chi connectivity index (χ3v) is 6.23. The summed E-state index contributed by atoms with van der Waals surface area (Å²) in [7, 11) is 0. The molecular formula is C30H23F2N5O3. The smallest absolute Gasteiger partial charge is 0.251 e. The zero-order valence-corrected chi connectivity index (χ0v) is 21.0. The second-order valence-electron chi connectivity index (χ2n) is 9.04. The number of nitrogens with zero attached hydrogens (tertiary/aromatic N) is 2. The molecule has 2 heterocycles. The molecular weight excluding hydrogens is 516 g/mol. The van der Waals surface area contributed by atoms with Crippen molar-refractivity contribution >= 4 is 40.9 Å². The summed E-state index contributed by atoms with van der Waals surface area (Å²) in [5.41, 5.74) is 8.20. The van der Waals surface area contributed by atoms with Gasteiger partial charge >= 0.3 is 0 Å². The van der Waals surface area contributed by atoms with Gasteiger partial charge in [0.2, 0.25) is 11.8 Å². The molecule has 0 fully saturated rings. The minimum Gasteiger partial charge on any atom is -0.366 e. The minimum absolute atomic E-state index is 0.0202. The molecule has 0 saturated carbocycles. The molecule has 0 unspecified atom stereocenters. The Balaban J connectivity index is 1.54. The number of amides is 3. The van der Waals surface area contributed by atoms with Gasteiger partial charge in [-0.15, -0.1) is 0 Å². The average molecular weight is 540 g/mol. The fourth-order valence-electron chi connectivity index (χ4n) is 4.47. The second-order valence-corrected chi connectivity index (χ2v) is 9.04. The third-order valence-electron chi connectivity index (χ3n) is 6.23. The molecule has 4 N–H and O–H groups in total. The number of para-hydroxylation sites is 2. The van der Waals surface area contributed by atoms with E-state index < -0.39 is 23.4 Å². The van der Waals surface area contributed by atoms with Gasteiger partial charge in [0.05, 0.1) is 41.4 Å². The lowest BCUT2D eigenvalue weighted by atomic mass is 9.98. The van der Waals surface area contributed by atoms with E-state index >= 15 is 0 Å². The first-order chi connectivity index (χ1) is 19.3. The van der Waals surface area contributed by atoms with Crippen LogP contribution in [-0.2, 0) is 9.59 Å². The van der Waals surface area contributed by atoms with E-state index in [1.165, 1.54) is 36.5 Å². The van der Waals surface area contributed by atoms with Gasteiger partial charge in [0.25, 0.3) is 5.91 Å². The molecule has 1 aromatic heterocycles. The largest absolute Gasteiger partial charge is 0.366 e. The molecule has 5 rings (SSSR count). The predicted octanol–water partition coefficient (Wildman–Crippen LogP) is 4.20. The first-order valence-corrected chi connectivity index (χ1v) is 12.2. The van der Waals surface area contributed by atoms with Gasteiger partial charge in [-0.2, -0.15) is 0 Å². The van der Waals surface area contributed by atoms with Crippen LogP contribution in [0.25, 0.3) is 22.9 Å². The highest BCUT2D eigenvalue weighted by Gasteiger charge is 2.24. The van der Waals surface area contributed by atoms with Crippen molar-refractivity contribution in [2.45, 2.75) is 0 Å². The Morgan fingerprint density at radius 3 is 2.65 bits per heavy atom. The highest BCUT2D eigenvalue weighted by molar-refractivity contribution is 6.03. The van der Waals surface area contributed by atoms with E-state index in [2.05, 4.69) is 15.6 Å². The van der Waals surface area contributed by atoms with Crippen LogP contribution in [-0.4, -0.2) is 35.8 Å². The van der Waals surface area contributed by atoms with Gasteiger partial charge in [0.15, 0.2) is 0 Å². The predicted molar refractivity (Wildman–Crippen MR) is 148 cm³/mol. The van der Waals surface area contributed by atoms with Crippen molar-refractivity contribution in [3.8, 4) is 11.1 Å². The van der Waals surface area contributed by atoms with Crippen molar-refractivity contribution in [1.82, 2.24) is 10.3 Å². The highest BCUT2D eigenvalue weighted by Crippen LogP contribution is 2.30. The molecule has 200 valence electrons. The standard InChI is InChI=1S/C30H23F2N5O3/c31-20-6-3-5-18(13-20)14-25(36-28(39)17-37-16-27(38)35-24-8-1-2-9-26(24)37)29-21(7-4-12-34-29)19-10-11-23(32)22(15-19)30(33)40/h1-15H,16-17H2,(H2,33,40)(H,35,38)(H,36,39)/b25-14-. The molecule has 3 aromatic carbocycles. The van der Waals surface area contributed by atoms with Crippen molar-refractivity contribution in [3.05, 3.63) is 114 Å². The summed E-state index contributed by atoms with van der Waals surface area (Å²) < 4.78 is 28.2. The number of anilines is 2. The number of hydrogen-bond donors (Lipinski definition) is 3. The number of nitrogens with two attached hydrogens (primary N) is 1. The summed E-state index contributed by atoms with van der Waals surface area (Å²) in [5, 5.41) is 5.63. The van der Waals surface area contributed by atoms with Gasteiger partial charge in [-0.05, 0) is 59.7 Å². The number of primary amides is 1. The topological polar surface area (TPSA) is 117 Å². The molecule has 0 spiro atoms. The number of nitrogens with one attached hydrogen (secondary N) is 2. The molecule has 4 aromatic rings. The molecule has 0 atom stereocenters. The van der Waals surface area contributed by atoms with Crippen LogP contribution in [0, 0.1) is 11.6 Å². The Morgan fingerprint density at radius 1 is 1.02 bits per heavy atom. The van der Waals surface area contributed by atoms with Gasteiger partial charge in [0.1, 0.15) is 11.6 Å². The van der Waals surface area contributed by atoms with Gasteiger partial charge in [0, 0.05) is 11.8 Å². The lowest BCUT2D eigenvalue weighted by Crippen LogP contribution is -2.43. The van der Waals surface area contributed by atoms with Crippen LogP contribution in [0.15, 0.2) is 85.1 Å². The number of hydrogen-bond acceptors (Lipinski definition) is 5. The molecule has 0 saturated heterocycles. The summed E-state index contributed by atoms with van der Waals surface area (Å²) in [6.07, 6.45) is 3.07. The molecule has 1 aliphatic rings. The number of aromatic nitrogens is 1. The van der Waals surface area contributed by atoms with Crippen LogP contribution in [0.4, 0.5) is 20.2 Å². The summed E-state index contributed by atoms with van der Waals surface area (Å²) >= 11 is 0. The van der Waals surface area contributed by atoms with Crippen molar-refractivity contribution in [1.29, 1.82) is 0 Å². The van der Waals surface area contributed by atoms with Crippen molar-refractivity contribution in [3.63, 3.8) is 0 Å². The van der Waals surface area contributed by atoms with Crippen LogP contribution < -0.4 is 21.3 Å². The minimum atomic E-state index is -0.931. The van der Waals surface area contributed by atoms with Crippen LogP contribution >= 0.6 is 0 Å². The highest BCUT2D eigenvalue weighted by atomic mass is 19.1. The number of benzene rings is 3.